The van der Waals surface area contributed by atoms with E-state index < -0.39 is 5.91 Å². The van der Waals surface area contributed by atoms with Crippen molar-refractivity contribution < 1.29 is 9.53 Å². The van der Waals surface area contributed by atoms with Crippen molar-refractivity contribution in [3.05, 3.63) is 95.5 Å². The van der Waals surface area contributed by atoms with Gasteiger partial charge in [0, 0.05) is 13.7 Å². The van der Waals surface area contributed by atoms with Crippen LogP contribution in [0.3, 0.4) is 0 Å². The van der Waals surface area contributed by atoms with Gasteiger partial charge >= 0.3 is 0 Å². The van der Waals surface area contributed by atoms with E-state index in [0.717, 1.165) is 13.6 Å². The molecule has 8 heteroatoms. The summed E-state index contributed by atoms with van der Waals surface area (Å²) in [7, 11) is 0. The Bertz CT molecular complexity index is 1150. The Morgan fingerprint density at radius 3 is 2.29 bits per heavy atom. The molecule has 1 amide bonds. The van der Waals surface area contributed by atoms with E-state index in [-0.39, 0.29) is 15.6 Å². The second-order valence-electron chi connectivity index (χ2n) is 6.36. The second-order valence-corrected chi connectivity index (χ2v) is 9.34. The molecule has 0 aliphatic heterocycles. The predicted molar refractivity (Wildman–Crippen MR) is 136 cm³/mol. The van der Waals surface area contributed by atoms with Crippen LogP contribution in [-0.4, -0.2) is 5.91 Å². The van der Waals surface area contributed by atoms with Gasteiger partial charge in [0.1, 0.15) is 18.2 Å². The van der Waals surface area contributed by atoms with E-state index in [4.69, 9.17) is 27.9 Å². The number of nitrogens with zero attached hydrogens (tertiary/aromatic N) is 1. The van der Waals surface area contributed by atoms with Crippen LogP contribution in [0.5, 0.6) is 5.75 Å². The summed E-state index contributed by atoms with van der Waals surface area (Å²) in [5.41, 5.74) is 1.99. The van der Waals surface area contributed by atoms with Crippen molar-refractivity contribution in [3.63, 3.8) is 0 Å². The normalized spacial score (nSPS) is 11.0. The summed E-state index contributed by atoms with van der Waals surface area (Å²) in [6, 6.07) is 20.0. The van der Waals surface area contributed by atoms with Crippen molar-refractivity contribution in [2.24, 2.45) is 0 Å². The zero-order chi connectivity index (χ0) is 22.4. The molecule has 3 aromatic rings. The topological polar surface area (TPSA) is 62.1 Å². The first-order chi connectivity index (χ1) is 14.9. The highest BCUT2D eigenvalue weighted by molar-refractivity contribution is 14.1. The number of nitriles is 1. The zero-order valence-electron chi connectivity index (χ0n) is 15.8. The summed E-state index contributed by atoms with van der Waals surface area (Å²) in [5, 5.41) is 12.7. The monoisotopic (exact) mass is 626 g/mol. The Morgan fingerprint density at radius 2 is 1.71 bits per heavy atom. The average molecular weight is 628 g/mol. The second kappa shape index (κ2) is 11.0. The van der Waals surface area contributed by atoms with Gasteiger partial charge in [-0.1, -0.05) is 51.3 Å². The molecule has 0 radical (unpaired) electrons. The number of halogens is 4. The van der Waals surface area contributed by atoms with Crippen molar-refractivity contribution in [1.82, 2.24) is 0 Å². The molecular formula is C23H14BrCl2IN2O2. The van der Waals surface area contributed by atoms with Gasteiger partial charge < -0.3 is 10.1 Å². The van der Waals surface area contributed by atoms with Crippen LogP contribution in [0, 0.1) is 14.9 Å². The van der Waals surface area contributed by atoms with Crippen LogP contribution in [0.1, 0.15) is 11.1 Å². The highest BCUT2D eigenvalue weighted by Gasteiger charge is 2.13. The minimum atomic E-state index is -0.531. The summed E-state index contributed by atoms with van der Waals surface area (Å²) >= 11 is 18.3. The number of ether oxygens (including phenoxy) is 1. The van der Waals surface area contributed by atoms with Gasteiger partial charge in [0.15, 0.2) is 5.75 Å². The molecule has 4 nitrogen and oxygen atoms in total. The number of amides is 1. The number of carbonyl (C=O) groups is 1. The third kappa shape index (κ3) is 6.71. The van der Waals surface area contributed by atoms with Crippen molar-refractivity contribution >= 4 is 79.4 Å². The minimum absolute atomic E-state index is 0.0809. The molecule has 156 valence electrons. The van der Waals surface area contributed by atoms with Gasteiger partial charge in [-0.05, 0) is 88.3 Å². The van der Waals surface area contributed by atoms with E-state index in [1.54, 1.807) is 36.4 Å². The largest absolute Gasteiger partial charge is 0.486 e. The molecule has 0 saturated heterocycles. The Morgan fingerprint density at radius 1 is 1.10 bits per heavy atom. The standard InChI is InChI=1S/C23H14BrCl2IN2O2/c24-17-3-7-19(8-4-17)29-23(30)16(12-28)9-15-10-20(25)22(21(26)11-15)31-13-14-1-5-18(27)6-2-14/h1-11H,13H2,(H,29,30)/b16-9-. The lowest BCUT2D eigenvalue weighted by atomic mass is 10.1. The smallest absolute Gasteiger partial charge is 0.266 e. The lowest BCUT2D eigenvalue weighted by Gasteiger charge is -2.11. The van der Waals surface area contributed by atoms with Crippen LogP contribution in [0.2, 0.25) is 10.0 Å². The third-order valence-electron chi connectivity index (χ3n) is 4.10. The van der Waals surface area contributed by atoms with Crippen LogP contribution in [0.15, 0.2) is 70.7 Å². The molecule has 0 bridgehead atoms. The van der Waals surface area contributed by atoms with Crippen molar-refractivity contribution in [2.75, 3.05) is 5.32 Å². The molecule has 1 N–H and O–H groups in total. The molecular weight excluding hydrogens is 614 g/mol. The maximum absolute atomic E-state index is 12.4. The Hall–Kier alpha value is -2.05. The van der Waals surface area contributed by atoms with Crippen LogP contribution in [0.25, 0.3) is 6.08 Å². The van der Waals surface area contributed by atoms with E-state index in [1.165, 1.54) is 6.08 Å². The van der Waals surface area contributed by atoms with Crippen LogP contribution in [0.4, 0.5) is 5.69 Å². The lowest BCUT2D eigenvalue weighted by molar-refractivity contribution is -0.112. The Kier molecular flexibility index (Phi) is 8.38. The molecule has 3 aromatic carbocycles. The van der Waals surface area contributed by atoms with Gasteiger partial charge in [-0.25, -0.2) is 0 Å². The van der Waals surface area contributed by atoms with E-state index >= 15 is 0 Å². The van der Waals surface area contributed by atoms with Crippen molar-refractivity contribution in [2.45, 2.75) is 6.61 Å². The van der Waals surface area contributed by atoms with Gasteiger partial charge in [0.25, 0.3) is 5.91 Å². The number of benzene rings is 3. The van der Waals surface area contributed by atoms with E-state index in [9.17, 15) is 10.1 Å². The first-order valence-electron chi connectivity index (χ1n) is 8.90. The highest BCUT2D eigenvalue weighted by Crippen LogP contribution is 2.35. The Labute approximate surface area is 212 Å². The molecule has 0 aromatic heterocycles. The number of hydrogen-bond donors (Lipinski definition) is 1. The zero-order valence-corrected chi connectivity index (χ0v) is 21.1. The SMILES string of the molecule is N#C/C(=C/c1cc(Cl)c(OCc2ccc(I)cc2)c(Cl)c1)C(=O)Nc1ccc(Br)cc1. The summed E-state index contributed by atoms with van der Waals surface area (Å²) in [4.78, 5) is 12.4. The van der Waals surface area contributed by atoms with Gasteiger partial charge in [-0.2, -0.15) is 5.26 Å². The maximum Gasteiger partial charge on any atom is 0.266 e. The van der Waals surface area contributed by atoms with Gasteiger partial charge in [0.2, 0.25) is 0 Å². The molecule has 0 fully saturated rings. The fourth-order valence-corrected chi connectivity index (χ4v) is 3.82. The molecule has 0 unspecified atom stereocenters. The number of rotatable bonds is 6. The van der Waals surface area contributed by atoms with Gasteiger partial charge in [-0.3, -0.25) is 4.79 Å². The van der Waals surface area contributed by atoms with Crippen LogP contribution in [-0.2, 0) is 11.4 Å². The molecule has 0 spiro atoms. The average Bonchev–Trinajstić information content (AvgIpc) is 2.74. The minimum Gasteiger partial charge on any atom is -0.486 e. The quantitative estimate of drug-likeness (QED) is 0.175. The molecule has 0 atom stereocenters. The lowest BCUT2D eigenvalue weighted by Crippen LogP contribution is -2.13. The fourth-order valence-electron chi connectivity index (χ4n) is 2.58. The number of nitrogens with one attached hydrogen (secondary N) is 1. The first-order valence-corrected chi connectivity index (χ1v) is 11.5. The first kappa shape index (κ1) is 23.6. The molecule has 3 rings (SSSR count). The van der Waals surface area contributed by atoms with E-state index in [1.807, 2.05) is 30.3 Å². The van der Waals surface area contributed by atoms with E-state index in [0.29, 0.717) is 23.6 Å². The molecule has 31 heavy (non-hydrogen) atoms. The summed E-state index contributed by atoms with van der Waals surface area (Å²) in [6.45, 7) is 0.310. The third-order valence-corrected chi connectivity index (χ3v) is 5.90. The van der Waals surface area contributed by atoms with Gasteiger partial charge in [-0.15, -0.1) is 0 Å². The van der Waals surface area contributed by atoms with Crippen molar-refractivity contribution in [1.29, 1.82) is 5.26 Å². The van der Waals surface area contributed by atoms with E-state index in [2.05, 4.69) is 43.8 Å². The maximum atomic E-state index is 12.4. The molecule has 0 aliphatic carbocycles. The fraction of sp³-hybridized carbons (Fsp3) is 0.0435. The number of anilines is 1. The predicted octanol–water partition coefficient (Wildman–Crippen LogP) is 7.49. The Balaban J connectivity index is 1.76. The molecule has 0 aliphatic rings. The molecule has 0 saturated carbocycles. The highest BCUT2D eigenvalue weighted by atomic mass is 127. The summed E-state index contributed by atoms with van der Waals surface area (Å²) in [5.74, 6) is -0.187. The number of hydrogen-bond acceptors (Lipinski definition) is 3. The number of carbonyl (C=O) groups excluding carboxylic acids is 1. The summed E-state index contributed by atoms with van der Waals surface area (Å²) in [6.07, 6.45) is 1.43. The molecule has 0 heterocycles. The van der Waals surface area contributed by atoms with Crippen LogP contribution >= 0.6 is 61.7 Å². The van der Waals surface area contributed by atoms with Crippen LogP contribution < -0.4 is 10.1 Å². The van der Waals surface area contributed by atoms with Gasteiger partial charge in [0.05, 0.1) is 10.0 Å². The van der Waals surface area contributed by atoms with Crippen molar-refractivity contribution in [3.8, 4) is 11.8 Å². The summed E-state index contributed by atoms with van der Waals surface area (Å²) < 4.78 is 7.80.